The third-order valence-electron chi connectivity index (χ3n) is 8.20. The Morgan fingerprint density at radius 2 is 1.59 bits per heavy atom. The van der Waals surface area contributed by atoms with Crippen LogP contribution in [0, 0.1) is 12.3 Å². The van der Waals surface area contributed by atoms with Gasteiger partial charge in [0.15, 0.2) is 0 Å². The van der Waals surface area contributed by atoms with E-state index in [1.54, 1.807) is 18.2 Å². The lowest BCUT2D eigenvalue weighted by Gasteiger charge is -2.40. The number of aliphatic hydroxyl groups excluding tert-OH is 4. The van der Waals surface area contributed by atoms with Gasteiger partial charge in [-0.3, -0.25) is 9.59 Å². The van der Waals surface area contributed by atoms with Crippen molar-refractivity contribution in [3.05, 3.63) is 64.2 Å². The van der Waals surface area contributed by atoms with Crippen molar-refractivity contribution >= 4 is 23.5 Å². The van der Waals surface area contributed by atoms with Gasteiger partial charge in [-0.25, -0.2) is 0 Å². The van der Waals surface area contributed by atoms with E-state index in [0.717, 1.165) is 49.9 Å². The fourth-order valence-corrected chi connectivity index (χ4v) is 5.72. The van der Waals surface area contributed by atoms with Gasteiger partial charge in [0.25, 0.3) is 0 Å². The SMILES string of the molecule is C#CCOCC(C)Oc1ccc(Cc2cc([C@@H]3O[C@H](CO)[C@@H](O)[C@H](O)[C@H]3O)ccc2Cl)cc1.O=C(O)[C@@H]1CCCN1.O=C(O)[C@@H]1CCCN1. The normalized spacial score (nSPS) is 26.7. The standard InChI is InChI=1S/C25H29ClO7.2C5H9NO2/c1-3-10-31-14-15(2)32-19-7-4-16(5-8-19)11-18-12-17(6-9-20(18)26)25-24(30)23(29)22(28)21(13-27)33-25;2*7-5(8)4-2-1-3-6-4/h1,4-9,12,15,21-25,27-30H,10-11,13-14H2,2H3;2*4,6H,1-3H2,(H,7,8)/t15?,21-,22-,23+,24-,25+;2*4-/m100/s1. The number of halogens is 1. The molecule has 0 saturated carbocycles. The monoisotopic (exact) mass is 706 g/mol. The summed E-state index contributed by atoms with van der Waals surface area (Å²) in [5.41, 5.74) is 2.38. The second-order valence-electron chi connectivity index (χ2n) is 12.0. The summed E-state index contributed by atoms with van der Waals surface area (Å²) in [5, 5.41) is 62.9. The van der Waals surface area contributed by atoms with Crippen molar-refractivity contribution < 1.29 is 54.4 Å². The molecule has 5 rings (SSSR count). The summed E-state index contributed by atoms with van der Waals surface area (Å²) in [4.78, 5) is 20.3. The molecule has 3 aliphatic rings. The van der Waals surface area contributed by atoms with Crippen LogP contribution in [0.2, 0.25) is 5.02 Å². The van der Waals surface area contributed by atoms with E-state index in [4.69, 9.17) is 42.4 Å². The van der Waals surface area contributed by atoms with Crippen molar-refractivity contribution in [2.75, 3.05) is 32.9 Å². The van der Waals surface area contributed by atoms with Crippen LogP contribution in [-0.2, 0) is 25.5 Å². The fraction of sp³-hybridized carbons (Fsp3) is 0.543. The molecular formula is C35H47ClN2O11. The Balaban J connectivity index is 0.000000329. The molecule has 0 amide bonds. The highest BCUT2D eigenvalue weighted by molar-refractivity contribution is 6.31. The first-order valence-corrected chi connectivity index (χ1v) is 16.6. The number of aliphatic carboxylic acids is 2. The van der Waals surface area contributed by atoms with Gasteiger partial charge in [-0.2, -0.15) is 0 Å². The zero-order chi connectivity index (χ0) is 35.9. The average molecular weight is 707 g/mol. The molecule has 2 aromatic carbocycles. The molecule has 3 saturated heterocycles. The second-order valence-corrected chi connectivity index (χ2v) is 12.5. The molecule has 14 heteroatoms. The largest absolute Gasteiger partial charge is 0.488 e. The van der Waals surface area contributed by atoms with E-state index >= 15 is 0 Å². The van der Waals surface area contributed by atoms with E-state index in [9.17, 15) is 30.0 Å². The molecule has 2 aromatic rings. The predicted octanol–water partition coefficient (Wildman–Crippen LogP) is 1.51. The van der Waals surface area contributed by atoms with Crippen LogP contribution in [0.4, 0.5) is 0 Å². The molecule has 0 spiro atoms. The molecule has 3 heterocycles. The van der Waals surface area contributed by atoms with Gasteiger partial charge in [0.1, 0.15) is 61.1 Å². The number of rotatable bonds is 11. The lowest BCUT2D eigenvalue weighted by Crippen LogP contribution is -2.55. The summed E-state index contributed by atoms with van der Waals surface area (Å²) in [6.07, 6.45) is 3.03. The number of benzene rings is 2. The Morgan fingerprint density at radius 3 is 2.08 bits per heavy atom. The Bertz CT molecular complexity index is 1330. The van der Waals surface area contributed by atoms with Crippen molar-refractivity contribution in [2.24, 2.45) is 0 Å². The van der Waals surface area contributed by atoms with Crippen molar-refractivity contribution in [3.8, 4) is 18.1 Å². The van der Waals surface area contributed by atoms with Crippen molar-refractivity contribution in [1.82, 2.24) is 10.6 Å². The van der Waals surface area contributed by atoms with E-state index in [2.05, 4.69) is 16.6 Å². The van der Waals surface area contributed by atoms with Gasteiger partial charge >= 0.3 is 11.9 Å². The predicted molar refractivity (Wildman–Crippen MR) is 180 cm³/mol. The third kappa shape index (κ3) is 12.5. The van der Waals surface area contributed by atoms with E-state index in [1.807, 2.05) is 31.2 Å². The number of hydrogen-bond acceptors (Lipinski definition) is 11. The van der Waals surface area contributed by atoms with Crippen molar-refractivity contribution in [2.45, 2.75) is 87.7 Å². The highest BCUT2D eigenvalue weighted by Gasteiger charge is 2.44. The molecule has 1 unspecified atom stereocenters. The quantitative estimate of drug-likeness (QED) is 0.123. The lowest BCUT2D eigenvalue weighted by molar-refractivity contribution is -0.231. The van der Waals surface area contributed by atoms with Gasteiger partial charge in [0, 0.05) is 5.02 Å². The van der Waals surface area contributed by atoms with Crippen LogP contribution >= 0.6 is 11.6 Å². The first kappa shape index (κ1) is 40.1. The maximum Gasteiger partial charge on any atom is 0.320 e. The van der Waals surface area contributed by atoms with E-state index in [0.29, 0.717) is 29.4 Å². The molecule has 3 fully saturated rings. The number of terminal acetylenes is 1. The number of carboxylic acids is 2. The minimum absolute atomic E-state index is 0.145. The number of hydrogen-bond donors (Lipinski definition) is 8. The number of carboxylic acid groups (broad SMARTS) is 2. The van der Waals surface area contributed by atoms with E-state index in [-0.39, 0.29) is 24.8 Å². The van der Waals surface area contributed by atoms with Crippen LogP contribution in [0.3, 0.4) is 0 Å². The van der Waals surface area contributed by atoms with Crippen LogP contribution in [0.1, 0.15) is 55.4 Å². The van der Waals surface area contributed by atoms with Gasteiger partial charge < -0.3 is 55.5 Å². The van der Waals surface area contributed by atoms with Crippen molar-refractivity contribution in [1.29, 1.82) is 0 Å². The van der Waals surface area contributed by atoms with Gasteiger partial charge in [0.2, 0.25) is 0 Å². The Labute approximate surface area is 291 Å². The van der Waals surface area contributed by atoms with Gasteiger partial charge in [-0.1, -0.05) is 41.8 Å². The first-order chi connectivity index (χ1) is 23.4. The topological polar surface area (TPSA) is 207 Å². The molecule has 0 aliphatic carbocycles. The summed E-state index contributed by atoms with van der Waals surface area (Å²) in [7, 11) is 0. The smallest absolute Gasteiger partial charge is 0.320 e. The first-order valence-electron chi connectivity index (χ1n) is 16.2. The van der Waals surface area contributed by atoms with E-state index in [1.165, 1.54) is 0 Å². The summed E-state index contributed by atoms with van der Waals surface area (Å²) in [6.45, 7) is 3.77. The fourth-order valence-electron chi connectivity index (χ4n) is 5.53. The number of nitrogens with one attached hydrogen (secondary N) is 2. The molecule has 0 aromatic heterocycles. The highest BCUT2D eigenvalue weighted by atomic mass is 35.5. The number of aliphatic hydroxyl groups is 4. The molecule has 270 valence electrons. The molecule has 8 N–H and O–H groups in total. The summed E-state index contributed by atoms with van der Waals surface area (Å²) in [5.74, 6) is 1.68. The Hall–Kier alpha value is -3.29. The lowest BCUT2D eigenvalue weighted by atomic mass is 9.90. The molecule has 8 atom stereocenters. The molecule has 0 bridgehead atoms. The molecule has 13 nitrogen and oxygen atoms in total. The van der Waals surface area contributed by atoms with Crippen molar-refractivity contribution in [3.63, 3.8) is 0 Å². The summed E-state index contributed by atoms with van der Waals surface area (Å²) < 4.78 is 16.8. The minimum atomic E-state index is -1.44. The average Bonchev–Trinajstić information content (AvgIpc) is 3.83. The Kier molecular flexibility index (Phi) is 16.7. The third-order valence-corrected chi connectivity index (χ3v) is 8.57. The number of carbonyl (C=O) groups is 2. The van der Waals surface area contributed by atoms with Crippen LogP contribution in [0.15, 0.2) is 42.5 Å². The number of ether oxygens (including phenoxy) is 3. The Morgan fingerprint density at radius 1 is 0.980 bits per heavy atom. The highest BCUT2D eigenvalue weighted by Crippen LogP contribution is 2.34. The van der Waals surface area contributed by atoms with Crippen LogP contribution < -0.4 is 15.4 Å². The zero-order valence-corrected chi connectivity index (χ0v) is 28.2. The van der Waals surface area contributed by atoms with Gasteiger partial charge in [-0.05, 0) is 87.0 Å². The molecule has 0 radical (unpaired) electrons. The maximum atomic E-state index is 10.4. The summed E-state index contributed by atoms with van der Waals surface area (Å²) >= 11 is 6.40. The van der Waals surface area contributed by atoms with Crippen LogP contribution in [-0.4, -0.2) is 118 Å². The minimum Gasteiger partial charge on any atom is -0.488 e. The summed E-state index contributed by atoms with van der Waals surface area (Å²) in [6, 6.07) is 12.2. The molecule has 3 aliphatic heterocycles. The van der Waals surface area contributed by atoms with Gasteiger partial charge in [0.05, 0.1) is 13.2 Å². The molecule has 49 heavy (non-hydrogen) atoms. The molecular weight excluding hydrogens is 660 g/mol. The van der Waals surface area contributed by atoms with Crippen LogP contribution in [0.5, 0.6) is 5.75 Å². The van der Waals surface area contributed by atoms with Crippen LogP contribution in [0.25, 0.3) is 0 Å². The maximum absolute atomic E-state index is 10.4. The van der Waals surface area contributed by atoms with Gasteiger partial charge in [-0.15, -0.1) is 6.42 Å². The zero-order valence-electron chi connectivity index (χ0n) is 27.4. The van der Waals surface area contributed by atoms with E-state index < -0.39 is 49.1 Å². The second kappa shape index (κ2) is 20.4.